The molecule has 38 valence electrons. The second-order valence-electron chi connectivity index (χ2n) is 0.969. The van der Waals surface area contributed by atoms with Gasteiger partial charge in [-0.15, -0.1) is 0 Å². The summed E-state index contributed by atoms with van der Waals surface area (Å²) in [6.07, 6.45) is 0. The van der Waals surface area contributed by atoms with E-state index >= 15 is 0 Å². The number of hydrogen-bond acceptors (Lipinski definition) is 0. The first kappa shape index (κ1) is 8.84. The van der Waals surface area contributed by atoms with Crippen molar-refractivity contribution in [2.45, 2.75) is 0 Å². The van der Waals surface area contributed by atoms with Crippen molar-refractivity contribution in [3.63, 3.8) is 0 Å². The summed E-state index contributed by atoms with van der Waals surface area (Å²) in [6, 6.07) is 0. The van der Waals surface area contributed by atoms with Crippen LogP contribution in [0.1, 0.15) is 0 Å². The molecule has 0 aromatic heterocycles. The van der Waals surface area contributed by atoms with Gasteiger partial charge in [0.05, 0.1) is 0 Å². The third kappa shape index (κ3) is 6.84. The van der Waals surface area contributed by atoms with Crippen LogP contribution in [0.5, 0.6) is 0 Å². The summed E-state index contributed by atoms with van der Waals surface area (Å²) < 4.78 is -0.521. The minimum absolute atomic E-state index is 0.490. The van der Waals surface area contributed by atoms with Crippen molar-refractivity contribution in [1.29, 1.82) is 0 Å². The lowest BCUT2D eigenvalue weighted by Crippen LogP contribution is -2.17. The van der Waals surface area contributed by atoms with Crippen LogP contribution in [0.3, 0.4) is 0 Å². The van der Waals surface area contributed by atoms with E-state index in [9.17, 15) is 0 Å². The van der Waals surface area contributed by atoms with Gasteiger partial charge in [0.2, 0.25) is 0.0813 Å². The largest absolute Gasteiger partial charge is 0.231 e. The summed E-state index contributed by atoms with van der Waals surface area (Å²) in [5.41, 5.74) is 0. The van der Waals surface area contributed by atoms with Gasteiger partial charge in [0.25, 0.3) is 0 Å². The van der Waals surface area contributed by atoms with E-state index in [2.05, 4.69) is 65.4 Å². The van der Waals surface area contributed by atoms with Crippen LogP contribution in [0.15, 0.2) is 0 Å². The molecule has 0 saturated heterocycles. The molecule has 0 radical (unpaired) electrons. The van der Waals surface area contributed by atoms with Gasteiger partial charge < -0.3 is 0 Å². The average Bonchev–Trinajstić information content (AvgIpc) is 1.35. The molecule has 0 aromatic carbocycles. The Bertz CT molecular complexity index is 35.8. The summed E-state index contributed by atoms with van der Waals surface area (Å²) >= 11 is 7.95. The quantitative estimate of drug-likeness (QED) is 0.292. The van der Waals surface area contributed by atoms with Crippen LogP contribution in [0, 0.1) is 0 Å². The van der Waals surface area contributed by atoms with E-state index in [4.69, 9.17) is 0 Å². The highest BCUT2D eigenvalue weighted by Gasteiger charge is 2.16. The molecule has 0 aromatic rings. The van der Waals surface area contributed by atoms with Gasteiger partial charge in [0.15, 0.2) is 0 Å². The predicted molar refractivity (Wildman–Crippen MR) is 66.3 cm³/mol. The van der Waals surface area contributed by atoms with E-state index in [-0.39, 0.29) is 0 Å². The first-order chi connectivity index (χ1) is 2.56. The van der Waals surface area contributed by atoms with E-state index in [1.165, 1.54) is 9.76 Å². The molecule has 0 aliphatic carbocycles. The van der Waals surface area contributed by atoms with E-state index in [1.54, 1.807) is 0 Å². The molecule has 0 unspecified atom stereocenters. The molecule has 0 spiro atoms. The van der Waals surface area contributed by atoms with Crippen molar-refractivity contribution < 1.29 is 0 Å². The maximum atomic E-state index is 2.65. The van der Waals surface area contributed by atoms with Gasteiger partial charge in [-0.2, -0.15) is 0 Å². The molecular weight excluding hydrogens is 465 g/mol. The van der Waals surface area contributed by atoms with Crippen molar-refractivity contribution >= 4 is 83.8 Å². The fourth-order valence-corrected chi connectivity index (χ4v) is 0. The molecule has 0 amide bonds. The zero-order chi connectivity index (χ0) is 5.21. The number of halogens is 3. The second kappa shape index (κ2) is 3.79. The first-order valence-corrected chi connectivity index (χ1v) is 21.0. The van der Waals surface area contributed by atoms with Gasteiger partial charge in [-0.25, -0.2) is 0 Å². The van der Waals surface area contributed by atoms with Crippen molar-refractivity contribution in [3.8, 4) is 0 Å². The summed E-state index contributed by atoms with van der Waals surface area (Å²) in [5, 5.41) is 0. The third-order valence-corrected chi connectivity index (χ3v) is 72.6. The van der Waals surface area contributed by atoms with Crippen LogP contribution in [-0.4, -0.2) is 18.4 Å². The van der Waals surface area contributed by atoms with Crippen LogP contribution in [0.2, 0.25) is 0 Å². The average molecular weight is 470 g/mol. The van der Waals surface area contributed by atoms with Crippen molar-refractivity contribution in [2.24, 2.45) is 0 Å². The third-order valence-electron chi connectivity index (χ3n) is 0.401. The summed E-state index contributed by atoms with van der Waals surface area (Å²) in [6.45, 7) is 0. The lowest BCUT2D eigenvalue weighted by atomic mass is 26.7. The molecule has 0 aliphatic heterocycles. The highest BCUT2D eigenvalue weighted by molar-refractivity contribution is 14.4. The Morgan fingerprint density at radius 2 is 1.50 bits per heavy atom. The molecule has 0 fully saturated rings. The monoisotopic (exact) mass is 470 g/mol. The second-order valence-corrected chi connectivity index (χ2v) is 62.7. The van der Waals surface area contributed by atoms with E-state index < -0.39 is 0.0813 Å². The Balaban J connectivity index is 3.17. The molecule has 0 bridgehead atoms. The number of rotatable bonds is 1. The topological polar surface area (TPSA) is 0 Å². The molecule has 0 heterocycles. The van der Waals surface area contributed by atoms with Crippen LogP contribution in [-0.2, 0) is 0 Å². The molecule has 6 heteroatoms. The lowest BCUT2D eigenvalue weighted by molar-refractivity contribution is 4.25. The molecule has 0 atom stereocenters. The predicted octanol–water partition coefficient (Wildman–Crippen LogP) is 0.176. The zero-order valence-electron chi connectivity index (χ0n) is 3.34. The van der Waals surface area contributed by atoms with Gasteiger partial charge in [-0.05, 0) is 9.76 Å². The van der Waals surface area contributed by atoms with Crippen molar-refractivity contribution in [3.05, 3.63) is 0 Å². The first-order valence-electron chi connectivity index (χ1n) is 1.63. The molecule has 6 heavy (non-hydrogen) atoms. The molecule has 0 rings (SSSR count). The summed E-state index contributed by atoms with van der Waals surface area (Å²) in [5.74, 6) is 0. The standard InChI is InChI=1S/H5I3Si3/c1-6(2,3)5-4/h5H2,4H3. The van der Waals surface area contributed by atoms with Gasteiger partial charge in [-0.1, -0.05) is 65.4 Å². The molecular formula is H5I3Si3. The Hall–Kier alpha value is 2.84. The van der Waals surface area contributed by atoms with Crippen LogP contribution in [0.4, 0.5) is 0 Å². The Labute approximate surface area is 82.1 Å². The van der Waals surface area contributed by atoms with E-state index in [0.717, 1.165) is 0 Å². The number of hydrogen-bond donors (Lipinski definition) is 0. The van der Waals surface area contributed by atoms with E-state index in [0.29, 0.717) is 8.55 Å². The van der Waals surface area contributed by atoms with Crippen LogP contribution < -0.4 is 0 Å². The minimum Gasteiger partial charge on any atom is -0.0957 e. The maximum absolute atomic E-state index is 2.65. The van der Waals surface area contributed by atoms with Gasteiger partial charge >= 0.3 is 0 Å². The Kier molecular flexibility index (Phi) is 5.58. The molecule has 0 aliphatic rings. The minimum atomic E-state index is -0.521. The zero-order valence-corrected chi connectivity index (χ0v) is 14.2. The highest BCUT2D eigenvalue weighted by Crippen LogP contribution is 2.26. The molecule has 0 N–H and O–H groups in total. The normalized spacial score (nSPS) is 14.5. The Morgan fingerprint density at radius 1 is 1.33 bits per heavy atom. The smallest absolute Gasteiger partial charge is 0.0957 e. The maximum Gasteiger partial charge on any atom is 0.231 e. The summed E-state index contributed by atoms with van der Waals surface area (Å²) in [4.78, 5) is 0. The molecule has 0 saturated carbocycles. The van der Waals surface area contributed by atoms with Crippen LogP contribution in [0.25, 0.3) is 0 Å². The van der Waals surface area contributed by atoms with Gasteiger partial charge in [-0.3, -0.25) is 0 Å². The Morgan fingerprint density at radius 3 is 1.50 bits per heavy atom. The van der Waals surface area contributed by atoms with Gasteiger partial charge in [0.1, 0.15) is 0 Å². The lowest BCUT2D eigenvalue weighted by Gasteiger charge is -2.00. The summed E-state index contributed by atoms with van der Waals surface area (Å²) in [7, 11) is 2.02. The fraction of sp³-hybridized carbons (Fsp3) is 0. The van der Waals surface area contributed by atoms with Gasteiger partial charge in [0, 0.05) is 8.55 Å². The highest BCUT2D eigenvalue weighted by atomic mass is 127. The van der Waals surface area contributed by atoms with Crippen molar-refractivity contribution in [2.75, 3.05) is 0 Å². The van der Waals surface area contributed by atoms with Crippen LogP contribution >= 0.6 is 65.4 Å². The van der Waals surface area contributed by atoms with E-state index in [1.807, 2.05) is 0 Å². The SMILES string of the molecule is [SiH3][SiH2][Si](I)(I)I. The molecule has 0 nitrogen and oxygen atoms in total. The van der Waals surface area contributed by atoms with Crippen molar-refractivity contribution in [1.82, 2.24) is 0 Å². The fourth-order valence-electron chi connectivity index (χ4n) is 0.